The van der Waals surface area contributed by atoms with Crippen molar-refractivity contribution in [2.24, 2.45) is 9.75 Å². The number of rotatable bonds is 2. The Bertz CT molecular complexity index is 404. The molecular weight excluding hydrogens is 238 g/mol. The van der Waals surface area contributed by atoms with Crippen molar-refractivity contribution in [2.75, 3.05) is 19.0 Å². The first-order valence-electron chi connectivity index (χ1n) is 4.96. The lowest BCUT2D eigenvalue weighted by Gasteiger charge is -2.11. The van der Waals surface area contributed by atoms with Gasteiger partial charge in [-0.2, -0.15) is 0 Å². The first-order chi connectivity index (χ1) is 8.24. The number of benzene rings is 1. The summed E-state index contributed by atoms with van der Waals surface area (Å²) in [6, 6.07) is 7.64. The van der Waals surface area contributed by atoms with Gasteiger partial charge < -0.3 is 9.88 Å². The van der Waals surface area contributed by atoms with Crippen LogP contribution in [-0.4, -0.2) is 24.1 Å². The van der Waals surface area contributed by atoms with Gasteiger partial charge >= 0.3 is 0 Å². The van der Waals surface area contributed by atoms with Gasteiger partial charge in [0.1, 0.15) is 0 Å². The normalized spacial score (nSPS) is 9.82. The Morgan fingerprint density at radius 1 is 1.24 bits per heavy atom. The second-order valence-corrected chi connectivity index (χ2v) is 3.50. The molecule has 0 saturated heterocycles. The molecule has 0 aliphatic heterocycles. The number of nitrogens with zero attached hydrogens (tertiary/aromatic N) is 4. The van der Waals surface area contributed by atoms with Gasteiger partial charge in [0, 0.05) is 32.2 Å². The molecule has 0 radical (unpaired) electrons. The largest absolute Gasteiger partial charge is 0.378 e. The Morgan fingerprint density at radius 3 is 2.29 bits per heavy atom. The van der Waals surface area contributed by atoms with Crippen LogP contribution in [0.5, 0.6) is 0 Å². The number of halogens is 1. The van der Waals surface area contributed by atoms with E-state index in [1.165, 1.54) is 0 Å². The monoisotopic (exact) mass is 251 g/mol. The van der Waals surface area contributed by atoms with Gasteiger partial charge in [-0.15, -0.1) is 5.11 Å². The molecule has 2 rings (SSSR count). The second kappa shape index (κ2) is 7.40. The second-order valence-electron chi connectivity index (χ2n) is 3.35. The average molecular weight is 252 g/mol. The molecule has 5 nitrogen and oxygen atoms in total. The van der Waals surface area contributed by atoms with Crippen molar-refractivity contribution in [3.63, 3.8) is 0 Å². The Kier molecular flexibility index (Phi) is 5.74. The quantitative estimate of drug-likeness (QED) is 0.832. The molecule has 0 bridgehead atoms. The summed E-state index contributed by atoms with van der Waals surface area (Å²) in [5.41, 5.74) is 1.89. The van der Waals surface area contributed by atoms with E-state index in [0.29, 0.717) is 0 Å². The fourth-order valence-electron chi connectivity index (χ4n) is 1.08. The molecule has 0 saturated carbocycles. The number of anilines is 1. The molecule has 0 amide bonds. The molecule has 0 atom stereocenters. The molecule has 0 fully saturated rings. The Hall–Kier alpha value is -1.88. The van der Waals surface area contributed by atoms with Crippen molar-refractivity contribution >= 4 is 23.2 Å². The smallest absolute Gasteiger partial charge is 0.0919 e. The molecule has 0 aliphatic carbocycles. The van der Waals surface area contributed by atoms with E-state index in [0.717, 1.165) is 11.4 Å². The summed E-state index contributed by atoms with van der Waals surface area (Å²) < 4.78 is 3.16. The molecule has 1 aromatic heterocycles. The fraction of sp³-hybridized carbons (Fsp3) is 0.182. The summed E-state index contributed by atoms with van der Waals surface area (Å²) in [5, 5.41) is 3.68. The number of nitrogens with one attached hydrogen (secondary N) is 1. The van der Waals surface area contributed by atoms with Gasteiger partial charge in [0.15, 0.2) is 0 Å². The van der Waals surface area contributed by atoms with Crippen molar-refractivity contribution in [1.29, 1.82) is 0 Å². The van der Waals surface area contributed by atoms with E-state index < -0.39 is 0 Å². The SMILES string of the molecule is CN(C)c1ccc(N=NCl)cc1.c1c[nH]cn1. The van der Waals surface area contributed by atoms with Crippen molar-refractivity contribution < 1.29 is 0 Å². The van der Waals surface area contributed by atoms with E-state index >= 15 is 0 Å². The summed E-state index contributed by atoms with van der Waals surface area (Å²) in [4.78, 5) is 8.43. The number of aromatic nitrogens is 2. The van der Waals surface area contributed by atoms with E-state index in [1.54, 1.807) is 18.7 Å². The molecule has 2 aromatic rings. The van der Waals surface area contributed by atoms with Crippen LogP contribution in [0.4, 0.5) is 11.4 Å². The zero-order chi connectivity index (χ0) is 12.5. The fourth-order valence-corrected chi connectivity index (χ4v) is 1.16. The highest BCUT2D eigenvalue weighted by Gasteiger charge is 1.93. The van der Waals surface area contributed by atoms with E-state index in [4.69, 9.17) is 11.8 Å². The molecule has 1 N–H and O–H groups in total. The third kappa shape index (κ3) is 5.12. The van der Waals surface area contributed by atoms with Crippen molar-refractivity contribution in [1.82, 2.24) is 9.97 Å². The topological polar surface area (TPSA) is 56.6 Å². The van der Waals surface area contributed by atoms with Gasteiger partial charge in [-0.1, -0.05) is 4.63 Å². The Labute approximate surface area is 105 Å². The van der Waals surface area contributed by atoms with Crippen LogP contribution in [-0.2, 0) is 0 Å². The minimum atomic E-state index is 0.760. The number of hydrogen-bond acceptors (Lipinski definition) is 4. The molecule has 17 heavy (non-hydrogen) atoms. The number of H-pyrrole nitrogens is 1. The predicted molar refractivity (Wildman–Crippen MR) is 69.7 cm³/mol. The van der Waals surface area contributed by atoms with Gasteiger partial charge in [-0.25, -0.2) is 4.98 Å². The number of aromatic amines is 1. The van der Waals surface area contributed by atoms with Gasteiger partial charge in [-0.05, 0) is 24.3 Å². The molecule has 6 heteroatoms. The molecule has 1 heterocycles. The molecule has 90 valence electrons. The van der Waals surface area contributed by atoms with Crippen LogP contribution in [0, 0.1) is 0 Å². The molecule has 1 aromatic carbocycles. The summed E-state index contributed by atoms with van der Waals surface area (Å²) >= 11 is 5.09. The van der Waals surface area contributed by atoms with E-state index in [2.05, 4.69) is 19.7 Å². The van der Waals surface area contributed by atoms with Gasteiger partial charge in [0.05, 0.1) is 23.8 Å². The first-order valence-corrected chi connectivity index (χ1v) is 5.30. The number of imidazole rings is 1. The van der Waals surface area contributed by atoms with Crippen LogP contribution >= 0.6 is 11.8 Å². The maximum Gasteiger partial charge on any atom is 0.0919 e. The summed E-state index contributed by atoms with van der Waals surface area (Å²) in [6.45, 7) is 0. The predicted octanol–water partition coefficient (Wildman–Crippen LogP) is 3.40. The van der Waals surface area contributed by atoms with Crippen LogP contribution < -0.4 is 4.90 Å². The molecular formula is C11H14ClN5. The minimum absolute atomic E-state index is 0.760. The van der Waals surface area contributed by atoms with E-state index in [-0.39, 0.29) is 0 Å². The minimum Gasteiger partial charge on any atom is -0.378 e. The highest BCUT2D eigenvalue weighted by Crippen LogP contribution is 2.18. The number of hydrogen-bond donors (Lipinski definition) is 1. The van der Waals surface area contributed by atoms with Crippen LogP contribution in [0.1, 0.15) is 0 Å². The van der Waals surface area contributed by atoms with Crippen LogP contribution in [0.3, 0.4) is 0 Å². The maximum absolute atomic E-state index is 5.09. The lowest BCUT2D eigenvalue weighted by molar-refractivity contribution is 1.13. The van der Waals surface area contributed by atoms with Crippen LogP contribution in [0.2, 0.25) is 0 Å². The zero-order valence-corrected chi connectivity index (χ0v) is 10.5. The highest BCUT2D eigenvalue weighted by atomic mass is 35.5. The van der Waals surface area contributed by atoms with Gasteiger partial charge in [0.25, 0.3) is 0 Å². The highest BCUT2D eigenvalue weighted by molar-refractivity contribution is 6.14. The lowest BCUT2D eigenvalue weighted by atomic mass is 10.3. The van der Waals surface area contributed by atoms with Crippen molar-refractivity contribution in [3.05, 3.63) is 43.0 Å². The zero-order valence-electron chi connectivity index (χ0n) is 9.71. The standard InChI is InChI=1S/C8H10ClN3.C3H4N2/c1-12(2)8-5-3-7(4-6-8)10-11-9;1-2-5-3-4-1/h3-6H,1-2H3;1-3H,(H,4,5). The van der Waals surface area contributed by atoms with Crippen LogP contribution in [0.15, 0.2) is 52.7 Å². The van der Waals surface area contributed by atoms with Crippen molar-refractivity contribution in [3.8, 4) is 0 Å². The maximum atomic E-state index is 5.09. The van der Waals surface area contributed by atoms with E-state index in [9.17, 15) is 0 Å². The third-order valence-corrected chi connectivity index (χ3v) is 2.00. The molecule has 0 unspecified atom stereocenters. The molecule has 0 spiro atoms. The van der Waals surface area contributed by atoms with Gasteiger partial charge in [0.2, 0.25) is 0 Å². The lowest BCUT2D eigenvalue weighted by Crippen LogP contribution is -2.07. The Balaban J connectivity index is 0.000000239. The van der Waals surface area contributed by atoms with Crippen molar-refractivity contribution in [2.45, 2.75) is 0 Å². The summed E-state index contributed by atoms with van der Waals surface area (Å²) in [6.07, 6.45) is 5.08. The Morgan fingerprint density at radius 2 is 1.94 bits per heavy atom. The average Bonchev–Trinajstić information content (AvgIpc) is 2.89. The van der Waals surface area contributed by atoms with E-state index in [1.807, 2.05) is 43.3 Å². The summed E-state index contributed by atoms with van der Waals surface area (Å²) in [5.74, 6) is 0. The first kappa shape index (κ1) is 13.2. The van der Waals surface area contributed by atoms with Crippen LogP contribution in [0.25, 0.3) is 0 Å². The third-order valence-electron chi connectivity index (χ3n) is 1.93. The van der Waals surface area contributed by atoms with Gasteiger partial charge in [-0.3, -0.25) is 0 Å². The molecule has 0 aliphatic rings. The summed E-state index contributed by atoms with van der Waals surface area (Å²) in [7, 11) is 3.97.